The van der Waals surface area contributed by atoms with Gasteiger partial charge in [-0.05, 0) is 12.1 Å². The number of pyridine rings is 1. The molecular weight excluding hydrogens is 266 g/mol. The second-order valence-electron chi connectivity index (χ2n) is 3.95. The number of nitrogens with one attached hydrogen (secondary N) is 2. The van der Waals surface area contributed by atoms with Gasteiger partial charge in [-0.2, -0.15) is 5.10 Å². The Balaban J connectivity index is 2.18. The maximum Gasteiger partial charge on any atom is 0.244 e. The van der Waals surface area contributed by atoms with Gasteiger partial charge in [-0.1, -0.05) is 0 Å². The summed E-state index contributed by atoms with van der Waals surface area (Å²) in [7, 11) is -0.201. The van der Waals surface area contributed by atoms with Crippen molar-refractivity contribution in [3.63, 3.8) is 0 Å². The number of hydrogen-bond donors (Lipinski definition) is 2. The van der Waals surface area contributed by atoms with Gasteiger partial charge in [0, 0.05) is 38.6 Å². The predicted octanol–water partition coefficient (Wildman–Crippen LogP) is 0.335. The van der Waals surface area contributed by atoms with Gasteiger partial charge in [0.25, 0.3) is 0 Å². The summed E-state index contributed by atoms with van der Waals surface area (Å²) in [6.07, 6.45) is 4.90. The molecule has 102 valence electrons. The molecule has 0 radical (unpaired) electrons. The first kappa shape index (κ1) is 13.5. The summed E-state index contributed by atoms with van der Waals surface area (Å²) in [5.74, 6) is 0.321. The van der Waals surface area contributed by atoms with Crippen molar-refractivity contribution < 1.29 is 8.42 Å². The van der Waals surface area contributed by atoms with Crippen LogP contribution in [0.15, 0.2) is 35.6 Å². The fraction of sp³-hybridized carbons (Fsp3) is 0.273. The quantitative estimate of drug-likeness (QED) is 0.824. The van der Waals surface area contributed by atoms with Crippen LogP contribution in [-0.2, 0) is 23.6 Å². The molecule has 2 heterocycles. The van der Waals surface area contributed by atoms with E-state index in [2.05, 4.69) is 20.1 Å². The molecule has 0 aliphatic rings. The molecule has 7 nitrogen and oxygen atoms in total. The first-order valence-corrected chi connectivity index (χ1v) is 7.11. The Morgan fingerprint density at radius 2 is 2.21 bits per heavy atom. The molecule has 0 aromatic carbocycles. The Labute approximate surface area is 111 Å². The van der Waals surface area contributed by atoms with Crippen molar-refractivity contribution in [1.29, 1.82) is 0 Å². The highest BCUT2D eigenvalue weighted by Crippen LogP contribution is 2.17. The van der Waals surface area contributed by atoms with Crippen molar-refractivity contribution in [1.82, 2.24) is 19.5 Å². The minimum Gasteiger partial charge on any atom is -0.372 e. The monoisotopic (exact) mass is 281 g/mol. The maximum atomic E-state index is 12.2. The maximum absolute atomic E-state index is 12.2. The summed E-state index contributed by atoms with van der Waals surface area (Å²) >= 11 is 0. The zero-order valence-electron chi connectivity index (χ0n) is 10.7. The Kier molecular flexibility index (Phi) is 3.82. The average Bonchev–Trinajstić information content (AvgIpc) is 2.82. The Hall–Kier alpha value is -1.93. The molecule has 0 saturated heterocycles. The van der Waals surface area contributed by atoms with E-state index in [1.165, 1.54) is 12.3 Å². The summed E-state index contributed by atoms with van der Waals surface area (Å²) in [4.78, 5) is 4.10. The van der Waals surface area contributed by atoms with Crippen LogP contribution in [0.4, 0.5) is 5.82 Å². The molecule has 0 aliphatic carbocycles. The lowest BCUT2D eigenvalue weighted by Crippen LogP contribution is -2.24. The number of rotatable bonds is 5. The number of aromatic nitrogens is 3. The lowest BCUT2D eigenvalue weighted by atomic mass is 10.4. The van der Waals surface area contributed by atoms with E-state index in [0.717, 1.165) is 5.56 Å². The third-order valence-electron chi connectivity index (χ3n) is 2.52. The van der Waals surface area contributed by atoms with Crippen LogP contribution < -0.4 is 10.0 Å². The molecule has 0 aliphatic heterocycles. The van der Waals surface area contributed by atoms with E-state index in [9.17, 15) is 8.42 Å². The van der Waals surface area contributed by atoms with Crippen molar-refractivity contribution in [2.45, 2.75) is 11.4 Å². The van der Waals surface area contributed by atoms with Crippen LogP contribution in [0.3, 0.4) is 0 Å². The van der Waals surface area contributed by atoms with Crippen LogP contribution in [0.5, 0.6) is 0 Å². The van der Waals surface area contributed by atoms with Crippen LogP contribution in [0, 0.1) is 0 Å². The molecule has 0 spiro atoms. The zero-order valence-corrected chi connectivity index (χ0v) is 11.5. The van der Waals surface area contributed by atoms with Crippen molar-refractivity contribution in [2.24, 2.45) is 7.05 Å². The summed E-state index contributed by atoms with van der Waals surface area (Å²) in [6.45, 7) is 0.189. The molecule has 2 aromatic rings. The zero-order chi connectivity index (χ0) is 13.9. The topological polar surface area (TPSA) is 88.9 Å². The minimum atomic E-state index is -3.60. The van der Waals surface area contributed by atoms with E-state index in [1.54, 1.807) is 37.2 Å². The van der Waals surface area contributed by atoms with Gasteiger partial charge in [0.1, 0.15) is 10.7 Å². The normalized spacial score (nSPS) is 11.5. The molecule has 2 aromatic heterocycles. The smallest absolute Gasteiger partial charge is 0.244 e. The molecule has 0 amide bonds. The van der Waals surface area contributed by atoms with Gasteiger partial charge in [0.2, 0.25) is 10.0 Å². The van der Waals surface area contributed by atoms with E-state index in [-0.39, 0.29) is 11.4 Å². The highest BCUT2D eigenvalue weighted by atomic mass is 32.2. The Bertz CT molecular complexity index is 665. The standard InChI is InChI=1S/C11H15N5O2S/c1-12-11-10(4-3-5-13-11)19(17,18)15-7-9-6-14-16(2)8-9/h3-6,8,15H,7H2,1-2H3,(H,12,13). The summed E-state index contributed by atoms with van der Waals surface area (Å²) in [5.41, 5.74) is 0.793. The third kappa shape index (κ3) is 3.09. The first-order valence-electron chi connectivity index (χ1n) is 5.63. The molecule has 19 heavy (non-hydrogen) atoms. The largest absolute Gasteiger partial charge is 0.372 e. The summed E-state index contributed by atoms with van der Waals surface area (Å²) < 4.78 is 28.5. The van der Waals surface area contributed by atoms with Gasteiger partial charge in [0.05, 0.1) is 6.20 Å². The minimum absolute atomic E-state index is 0.126. The number of sulfonamides is 1. The first-order chi connectivity index (χ1) is 9.03. The molecule has 2 rings (SSSR count). The highest BCUT2D eigenvalue weighted by Gasteiger charge is 2.18. The number of anilines is 1. The van der Waals surface area contributed by atoms with E-state index >= 15 is 0 Å². The molecule has 0 saturated carbocycles. The van der Waals surface area contributed by atoms with E-state index in [0.29, 0.717) is 5.82 Å². The average molecular weight is 281 g/mol. The molecule has 8 heteroatoms. The van der Waals surface area contributed by atoms with E-state index in [4.69, 9.17) is 0 Å². The lowest BCUT2D eigenvalue weighted by Gasteiger charge is -2.09. The van der Waals surface area contributed by atoms with Crippen molar-refractivity contribution in [2.75, 3.05) is 12.4 Å². The van der Waals surface area contributed by atoms with Gasteiger partial charge >= 0.3 is 0 Å². The second kappa shape index (κ2) is 5.37. The number of nitrogens with zero attached hydrogens (tertiary/aromatic N) is 3. The van der Waals surface area contributed by atoms with Crippen molar-refractivity contribution in [3.05, 3.63) is 36.3 Å². The molecule has 0 bridgehead atoms. The molecule has 0 unspecified atom stereocenters. The van der Waals surface area contributed by atoms with Gasteiger partial charge in [-0.3, -0.25) is 4.68 Å². The predicted molar refractivity (Wildman–Crippen MR) is 71.0 cm³/mol. The molecule has 0 atom stereocenters. The van der Waals surface area contributed by atoms with Crippen LogP contribution in [0.25, 0.3) is 0 Å². The summed E-state index contributed by atoms with van der Waals surface area (Å²) in [6, 6.07) is 3.09. The SMILES string of the molecule is CNc1ncccc1S(=O)(=O)NCc1cnn(C)c1. The fourth-order valence-corrected chi connectivity index (χ4v) is 2.79. The van der Waals surface area contributed by atoms with Gasteiger partial charge < -0.3 is 5.32 Å². The van der Waals surface area contributed by atoms with E-state index < -0.39 is 10.0 Å². The Morgan fingerprint density at radius 1 is 1.42 bits per heavy atom. The molecular formula is C11H15N5O2S. The summed E-state index contributed by atoms with van der Waals surface area (Å²) in [5, 5.41) is 6.74. The Morgan fingerprint density at radius 3 is 2.84 bits per heavy atom. The van der Waals surface area contributed by atoms with Crippen molar-refractivity contribution in [3.8, 4) is 0 Å². The van der Waals surface area contributed by atoms with Crippen LogP contribution in [-0.4, -0.2) is 30.2 Å². The second-order valence-corrected chi connectivity index (χ2v) is 5.68. The van der Waals surface area contributed by atoms with Gasteiger partial charge in [-0.25, -0.2) is 18.1 Å². The van der Waals surface area contributed by atoms with E-state index in [1.807, 2.05) is 0 Å². The highest BCUT2D eigenvalue weighted by molar-refractivity contribution is 7.89. The van der Waals surface area contributed by atoms with Gasteiger partial charge in [0.15, 0.2) is 0 Å². The third-order valence-corrected chi connectivity index (χ3v) is 3.95. The molecule has 0 fully saturated rings. The van der Waals surface area contributed by atoms with Crippen LogP contribution in [0.1, 0.15) is 5.56 Å². The number of aryl methyl sites for hydroxylation is 1. The molecule has 2 N–H and O–H groups in total. The number of hydrogen-bond acceptors (Lipinski definition) is 5. The van der Waals surface area contributed by atoms with Crippen LogP contribution >= 0.6 is 0 Å². The van der Waals surface area contributed by atoms with Gasteiger partial charge in [-0.15, -0.1) is 0 Å². The van der Waals surface area contributed by atoms with Crippen molar-refractivity contribution >= 4 is 15.8 Å². The fourth-order valence-electron chi connectivity index (χ4n) is 1.61. The lowest BCUT2D eigenvalue weighted by molar-refractivity contribution is 0.581. The van der Waals surface area contributed by atoms with Crippen LogP contribution in [0.2, 0.25) is 0 Å².